The van der Waals surface area contributed by atoms with Gasteiger partial charge in [-0.3, -0.25) is 9.69 Å². The minimum Gasteiger partial charge on any atom is -0.469 e. The lowest BCUT2D eigenvalue weighted by atomic mass is 9.98. The summed E-state index contributed by atoms with van der Waals surface area (Å²) in [6.45, 7) is 7.32. The second-order valence-electron chi connectivity index (χ2n) is 5.46. The molecular formula is C16H23NO2S. The number of esters is 1. The molecule has 0 aliphatic carbocycles. The number of hydrogen-bond acceptors (Lipinski definition) is 4. The molecule has 0 radical (unpaired) electrons. The van der Waals surface area contributed by atoms with E-state index in [2.05, 4.69) is 18.7 Å². The van der Waals surface area contributed by atoms with Crippen molar-refractivity contribution in [3.05, 3.63) is 35.9 Å². The molecular weight excluding hydrogens is 270 g/mol. The van der Waals surface area contributed by atoms with Gasteiger partial charge in [0.25, 0.3) is 0 Å². The van der Waals surface area contributed by atoms with E-state index in [-0.39, 0.29) is 11.9 Å². The molecule has 3 nitrogen and oxygen atoms in total. The Hall–Kier alpha value is -1.00. The zero-order chi connectivity index (χ0) is 14.5. The standard InChI is InChI=1S/C16H23NO2S/c1-12-9-17(10-13(2)20-12)11-15(16(18)19-3)14-7-5-4-6-8-14/h4-8,12-13,15H,9-11H2,1-3H3. The molecule has 1 aliphatic rings. The van der Waals surface area contributed by atoms with Crippen LogP contribution in [0.25, 0.3) is 0 Å². The number of methoxy groups -OCH3 is 1. The summed E-state index contributed by atoms with van der Waals surface area (Å²) in [4.78, 5) is 14.5. The minimum atomic E-state index is -0.191. The zero-order valence-electron chi connectivity index (χ0n) is 12.4. The Balaban J connectivity index is 2.10. The first-order valence-corrected chi connectivity index (χ1v) is 8.05. The monoisotopic (exact) mass is 293 g/mol. The summed E-state index contributed by atoms with van der Waals surface area (Å²) >= 11 is 2.02. The van der Waals surface area contributed by atoms with Crippen LogP contribution >= 0.6 is 11.8 Å². The van der Waals surface area contributed by atoms with Crippen molar-refractivity contribution in [1.82, 2.24) is 4.90 Å². The van der Waals surface area contributed by atoms with E-state index in [1.54, 1.807) is 0 Å². The van der Waals surface area contributed by atoms with Crippen LogP contribution < -0.4 is 0 Å². The number of carbonyl (C=O) groups excluding carboxylic acids is 1. The highest BCUT2D eigenvalue weighted by molar-refractivity contribution is 8.00. The first kappa shape index (κ1) is 15.4. The Morgan fingerprint density at radius 3 is 2.45 bits per heavy atom. The molecule has 1 aliphatic heterocycles. The zero-order valence-corrected chi connectivity index (χ0v) is 13.2. The molecule has 20 heavy (non-hydrogen) atoms. The molecule has 0 spiro atoms. The SMILES string of the molecule is COC(=O)C(CN1CC(C)SC(C)C1)c1ccccc1. The van der Waals surface area contributed by atoms with E-state index in [1.807, 2.05) is 42.1 Å². The predicted molar refractivity (Wildman–Crippen MR) is 84.2 cm³/mol. The predicted octanol–water partition coefficient (Wildman–Crippen LogP) is 2.77. The van der Waals surface area contributed by atoms with Gasteiger partial charge in [-0.1, -0.05) is 44.2 Å². The van der Waals surface area contributed by atoms with Crippen LogP contribution in [0.15, 0.2) is 30.3 Å². The van der Waals surface area contributed by atoms with Crippen LogP contribution in [0.4, 0.5) is 0 Å². The van der Waals surface area contributed by atoms with Crippen LogP contribution in [0.5, 0.6) is 0 Å². The van der Waals surface area contributed by atoms with Gasteiger partial charge in [-0.15, -0.1) is 0 Å². The highest BCUT2D eigenvalue weighted by Gasteiger charge is 2.28. The number of benzene rings is 1. The van der Waals surface area contributed by atoms with Crippen molar-refractivity contribution >= 4 is 17.7 Å². The van der Waals surface area contributed by atoms with Crippen molar-refractivity contribution in [1.29, 1.82) is 0 Å². The largest absolute Gasteiger partial charge is 0.469 e. The molecule has 1 aromatic rings. The lowest BCUT2D eigenvalue weighted by Gasteiger charge is -2.36. The Kier molecular flexibility index (Phi) is 5.49. The first-order chi connectivity index (χ1) is 9.60. The lowest BCUT2D eigenvalue weighted by molar-refractivity contribution is -0.143. The van der Waals surface area contributed by atoms with Crippen molar-refractivity contribution in [2.24, 2.45) is 0 Å². The minimum absolute atomic E-state index is 0.144. The lowest BCUT2D eigenvalue weighted by Crippen LogP contribution is -2.43. The molecule has 0 bridgehead atoms. The van der Waals surface area contributed by atoms with E-state index in [1.165, 1.54) is 7.11 Å². The van der Waals surface area contributed by atoms with Gasteiger partial charge >= 0.3 is 5.97 Å². The molecule has 1 saturated heterocycles. The maximum Gasteiger partial charge on any atom is 0.314 e. The molecule has 3 unspecified atom stereocenters. The summed E-state index contributed by atoms with van der Waals surface area (Å²) < 4.78 is 4.99. The summed E-state index contributed by atoms with van der Waals surface area (Å²) in [7, 11) is 1.47. The van der Waals surface area contributed by atoms with Crippen LogP contribution in [-0.2, 0) is 9.53 Å². The number of thioether (sulfide) groups is 1. The van der Waals surface area contributed by atoms with Gasteiger partial charge in [0.15, 0.2) is 0 Å². The van der Waals surface area contributed by atoms with Crippen molar-refractivity contribution < 1.29 is 9.53 Å². The molecule has 1 fully saturated rings. The summed E-state index contributed by atoms with van der Waals surface area (Å²) in [5, 5.41) is 1.24. The molecule has 0 N–H and O–H groups in total. The fourth-order valence-corrected chi connectivity index (χ4v) is 4.22. The number of carbonyl (C=O) groups is 1. The highest BCUT2D eigenvalue weighted by atomic mass is 32.2. The van der Waals surface area contributed by atoms with Crippen molar-refractivity contribution in [2.45, 2.75) is 30.3 Å². The van der Waals surface area contributed by atoms with Crippen LogP contribution in [0, 0.1) is 0 Å². The molecule has 0 amide bonds. The number of hydrogen-bond donors (Lipinski definition) is 0. The highest BCUT2D eigenvalue weighted by Crippen LogP contribution is 2.27. The van der Waals surface area contributed by atoms with E-state index in [0.29, 0.717) is 10.5 Å². The van der Waals surface area contributed by atoms with E-state index in [4.69, 9.17) is 4.74 Å². The summed E-state index contributed by atoms with van der Waals surface area (Å²) in [6, 6.07) is 9.94. The number of nitrogens with zero attached hydrogens (tertiary/aromatic N) is 1. The number of ether oxygens (including phenoxy) is 1. The normalized spacial score (nSPS) is 25.1. The van der Waals surface area contributed by atoms with E-state index < -0.39 is 0 Å². The maximum atomic E-state index is 12.1. The van der Waals surface area contributed by atoms with Crippen LogP contribution in [0.2, 0.25) is 0 Å². The van der Waals surface area contributed by atoms with E-state index in [0.717, 1.165) is 25.2 Å². The third-order valence-electron chi connectivity index (χ3n) is 3.62. The molecule has 4 heteroatoms. The van der Waals surface area contributed by atoms with Crippen LogP contribution in [0.3, 0.4) is 0 Å². The van der Waals surface area contributed by atoms with Crippen molar-refractivity contribution in [3.8, 4) is 0 Å². The van der Waals surface area contributed by atoms with Crippen LogP contribution in [-0.4, -0.2) is 48.1 Å². The molecule has 1 aromatic carbocycles. The Morgan fingerprint density at radius 1 is 1.30 bits per heavy atom. The van der Waals surface area contributed by atoms with Crippen molar-refractivity contribution in [2.75, 3.05) is 26.7 Å². The topological polar surface area (TPSA) is 29.5 Å². The Morgan fingerprint density at radius 2 is 1.90 bits per heavy atom. The molecule has 2 rings (SSSR count). The van der Waals surface area contributed by atoms with Gasteiger partial charge in [0.1, 0.15) is 0 Å². The molecule has 1 heterocycles. The van der Waals surface area contributed by atoms with Gasteiger partial charge in [-0.05, 0) is 5.56 Å². The van der Waals surface area contributed by atoms with Gasteiger partial charge < -0.3 is 4.74 Å². The third kappa shape index (κ3) is 4.00. The number of rotatable bonds is 4. The molecule has 110 valence electrons. The molecule has 0 aromatic heterocycles. The molecule has 0 saturated carbocycles. The van der Waals surface area contributed by atoms with Gasteiger partial charge in [0, 0.05) is 30.1 Å². The summed E-state index contributed by atoms with van der Waals surface area (Å²) in [5.41, 5.74) is 1.04. The van der Waals surface area contributed by atoms with Crippen LogP contribution in [0.1, 0.15) is 25.3 Å². The third-order valence-corrected chi connectivity index (χ3v) is 4.85. The maximum absolute atomic E-state index is 12.1. The second-order valence-corrected chi connectivity index (χ2v) is 7.34. The summed E-state index contributed by atoms with van der Waals surface area (Å²) in [6.07, 6.45) is 0. The quantitative estimate of drug-likeness (QED) is 0.798. The fourth-order valence-electron chi connectivity index (χ4n) is 2.84. The Labute approximate surface area is 125 Å². The summed E-state index contributed by atoms with van der Waals surface area (Å²) in [5.74, 6) is -0.335. The van der Waals surface area contributed by atoms with Gasteiger partial charge in [-0.25, -0.2) is 0 Å². The first-order valence-electron chi connectivity index (χ1n) is 7.10. The van der Waals surface area contributed by atoms with Gasteiger partial charge in [0.05, 0.1) is 13.0 Å². The smallest absolute Gasteiger partial charge is 0.314 e. The van der Waals surface area contributed by atoms with E-state index in [9.17, 15) is 4.79 Å². The average Bonchev–Trinajstić information content (AvgIpc) is 2.44. The fraction of sp³-hybridized carbons (Fsp3) is 0.562. The Bertz CT molecular complexity index is 427. The average molecular weight is 293 g/mol. The van der Waals surface area contributed by atoms with Gasteiger partial charge in [0.2, 0.25) is 0 Å². The molecule has 3 atom stereocenters. The van der Waals surface area contributed by atoms with Gasteiger partial charge in [-0.2, -0.15) is 11.8 Å². The van der Waals surface area contributed by atoms with E-state index >= 15 is 0 Å². The second kappa shape index (κ2) is 7.14. The van der Waals surface area contributed by atoms with Crippen molar-refractivity contribution in [3.63, 3.8) is 0 Å².